The van der Waals surface area contributed by atoms with Crippen LogP contribution in [0.3, 0.4) is 0 Å². The first-order chi connectivity index (χ1) is 8.97. The molecule has 19 heavy (non-hydrogen) atoms. The van der Waals surface area contributed by atoms with Crippen LogP contribution in [0.4, 0.5) is 15.8 Å². The number of thiophene rings is 1. The molecule has 0 atom stereocenters. The lowest BCUT2D eigenvalue weighted by Crippen LogP contribution is -2.02. The molecule has 4 nitrogen and oxygen atoms in total. The lowest BCUT2D eigenvalue weighted by atomic mass is 10.2. The molecule has 2 rings (SSSR count). The van der Waals surface area contributed by atoms with E-state index in [1.54, 1.807) is 12.1 Å². The van der Waals surface area contributed by atoms with Crippen LogP contribution in [0.25, 0.3) is 0 Å². The Balaban J connectivity index is 2.23. The van der Waals surface area contributed by atoms with Crippen molar-refractivity contribution >= 4 is 45.9 Å². The Morgan fingerprint density at radius 3 is 2.68 bits per heavy atom. The molecule has 0 saturated carbocycles. The van der Waals surface area contributed by atoms with E-state index in [1.807, 2.05) is 0 Å². The highest BCUT2D eigenvalue weighted by atomic mass is 35.5. The van der Waals surface area contributed by atoms with Crippen molar-refractivity contribution in [1.29, 1.82) is 0 Å². The van der Waals surface area contributed by atoms with Crippen LogP contribution in [-0.2, 0) is 6.54 Å². The van der Waals surface area contributed by atoms with Crippen LogP contribution < -0.4 is 5.32 Å². The van der Waals surface area contributed by atoms with E-state index in [9.17, 15) is 14.5 Å². The number of nitrogens with one attached hydrogen (secondary N) is 1. The van der Waals surface area contributed by atoms with E-state index in [1.165, 1.54) is 17.4 Å². The standard InChI is InChI=1S/C11H7Cl2FN2O2S/c12-7-3-9(10(16(17)18)4-8(7)14)15-5-6-1-2-11(13)19-6/h1-4,15H,5H2. The molecule has 0 bridgehead atoms. The molecule has 1 aromatic heterocycles. The maximum absolute atomic E-state index is 13.2. The fourth-order valence-corrected chi connectivity index (χ4v) is 2.65. The zero-order valence-corrected chi connectivity index (χ0v) is 11.7. The smallest absolute Gasteiger partial charge is 0.295 e. The fraction of sp³-hybridized carbons (Fsp3) is 0.0909. The summed E-state index contributed by atoms with van der Waals surface area (Å²) in [5, 5.41) is 13.5. The Kier molecular flexibility index (Phi) is 4.24. The fourth-order valence-electron chi connectivity index (χ4n) is 1.46. The van der Waals surface area contributed by atoms with Gasteiger partial charge in [-0.2, -0.15) is 0 Å². The predicted octanol–water partition coefficient (Wildman–Crippen LogP) is 4.71. The number of benzene rings is 1. The molecule has 0 saturated heterocycles. The highest BCUT2D eigenvalue weighted by molar-refractivity contribution is 7.16. The van der Waals surface area contributed by atoms with Crippen molar-refractivity contribution in [2.75, 3.05) is 5.32 Å². The van der Waals surface area contributed by atoms with E-state index in [-0.39, 0.29) is 16.4 Å². The average molecular weight is 321 g/mol. The van der Waals surface area contributed by atoms with Crippen molar-refractivity contribution in [2.45, 2.75) is 6.54 Å². The second-order valence-electron chi connectivity index (χ2n) is 3.60. The van der Waals surface area contributed by atoms with E-state index in [2.05, 4.69) is 5.32 Å². The van der Waals surface area contributed by atoms with E-state index in [0.29, 0.717) is 10.9 Å². The summed E-state index contributed by atoms with van der Waals surface area (Å²) in [4.78, 5) is 11.1. The SMILES string of the molecule is O=[N+]([O-])c1cc(F)c(Cl)cc1NCc1ccc(Cl)s1. The number of anilines is 1. The van der Waals surface area contributed by atoms with Gasteiger partial charge in [0.15, 0.2) is 0 Å². The largest absolute Gasteiger partial charge is 0.375 e. The highest BCUT2D eigenvalue weighted by Gasteiger charge is 2.17. The highest BCUT2D eigenvalue weighted by Crippen LogP contribution is 2.31. The van der Waals surface area contributed by atoms with Crippen molar-refractivity contribution in [1.82, 2.24) is 0 Å². The minimum Gasteiger partial charge on any atom is -0.375 e. The Bertz CT molecular complexity index is 633. The van der Waals surface area contributed by atoms with Crippen LogP contribution in [0.2, 0.25) is 9.36 Å². The van der Waals surface area contributed by atoms with Crippen LogP contribution in [0.5, 0.6) is 0 Å². The van der Waals surface area contributed by atoms with E-state index in [0.717, 1.165) is 10.9 Å². The zero-order chi connectivity index (χ0) is 14.0. The van der Waals surface area contributed by atoms with Crippen molar-refractivity contribution in [3.63, 3.8) is 0 Å². The van der Waals surface area contributed by atoms with Crippen molar-refractivity contribution in [3.05, 3.63) is 54.4 Å². The van der Waals surface area contributed by atoms with E-state index < -0.39 is 10.7 Å². The molecule has 0 radical (unpaired) electrons. The lowest BCUT2D eigenvalue weighted by molar-refractivity contribution is -0.384. The summed E-state index contributed by atoms with van der Waals surface area (Å²) in [6.07, 6.45) is 0. The molecule has 0 fully saturated rings. The molecule has 0 aliphatic heterocycles. The number of hydrogen-bond donors (Lipinski definition) is 1. The van der Waals surface area contributed by atoms with E-state index in [4.69, 9.17) is 23.2 Å². The van der Waals surface area contributed by atoms with Gasteiger partial charge in [0.2, 0.25) is 0 Å². The second kappa shape index (κ2) is 5.73. The molecule has 1 N–H and O–H groups in total. The molecule has 0 amide bonds. The first-order valence-corrected chi connectivity index (χ1v) is 6.66. The normalized spacial score (nSPS) is 10.5. The third-order valence-electron chi connectivity index (χ3n) is 2.32. The summed E-state index contributed by atoms with van der Waals surface area (Å²) in [5.41, 5.74) is -0.189. The molecule has 0 aliphatic rings. The van der Waals surface area contributed by atoms with Crippen LogP contribution in [-0.4, -0.2) is 4.92 Å². The van der Waals surface area contributed by atoms with Crippen molar-refractivity contribution < 1.29 is 9.31 Å². The number of nitro benzene ring substituents is 1. The summed E-state index contributed by atoms with van der Waals surface area (Å²) < 4.78 is 13.8. The lowest BCUT2D eigenvalue weighted by Gasteiger charge is -2.06. The van der Waals surface area contributed by atoms with Crippen LogP contribution >= 0.6 is 34.5 Å². The number of halogens is 3. The summed E-state index contributed by atoms with van der Waals surface area (Å²) in [5.74, 6) is -0.821. The van der Waals surface area contributed by atoms with Gasteiger partial charge in [0, 0.05) is 11.4 Å². The van der Waals surface area contributed by atoms with Gasteiger partial charge >= 0.3 is 0 Å². The molecule has 1 heterocycles. The summed E-state index contributed by atoms with van der Waals surface area (Å²) in [6.45, 7) is 0.347. The van der Waals surface area contributed by atoms with Gasteiger partial charge in [0.25, 0.3) is 5.69 Å². The summed E-state index contributed by atoms with van der Waals surface area (Å²) >= 11 is 12.8. The third kappa shape index (κ3) is 3.34. The Hall–Kier alpha value is -1.37. The van der Waals surface area contributed by atoms with Gasteiger partial charge in [-0.25, -0.2) is 4.39 Å². The van der Waals surface area contributed by atoms with Crippen molar-refractivity contribution in [2.24, 2.45) is 0 Å². The first kappa shape index (κ1) is 14.0. The molecule has 100 valence electrons. The average Bonchev–Trinajstić information content (AvgIpc) is 2.76. The van der Waals surface area contributed by atoms with Crippen LogP contribution in [0.1, 0.15) is 4.88 Å². The predicted molar refractivity (Wildman–Crippen MR) is 74.7 cm³/mol. The quantitative estimate of drug-likeness (QED) is 0.655. The first-order valence-electron chi connectivity index (χ1n) is 5.09. The number of rotatable bonds is 4. The maximum atomic E-state index is 13.2. The minimum atomic E-state index is -0.821. The molecule has 0 spiro atoms. The number of nitrogens with zero attached hydrogens (tertiary/aromatic N) is 1. The number of hydrogen-bond acceptors (Lipinski definition) is 4. The van der Waals surface area contributed by atoms with Gasteiger partial charge in [-0.05, 0) is 18.2 Å². The number of nitro groups is 1. The van der Waals surface area contributed by atoms with Gasteiger partial charge in [-0.1, -0.05) is 23.2 Å². The Morgan fingerprint density at radius 1 is 1.37 bits per heavy atom. The topological polar surface area (TPSA) is 55.2 Å². The third-order valence-corrected chi connectivity index (χ3v) is 3.84. The molecule has 8 heteroatoms. The monoisotopic (exact) mass is 320 g/mol. The molecular weight excluding hydrogens is 314 g/mol. The Morgan fingerprint density at radius 2 is 2.11 bits per heavy atom. The molecule has 1 aromatic carbocycles. The zero-order valence-electron chi connectivity index (χ0n) is 9.32. The molecular formula is C11H7Cl2FN2O2S. The van der Waals surface area contributed by atoms with Gasteiger partial charge in [-0.15, -0.1) is 11.3 Å². The molecule has 0 unspecified atom stereocenters. The summed E-state index contributed by atoms with van der Waals surface area (Å²) in [6, 6.07) is 5.53. The van der Waals surface area contributed by atoms with Crippen LogP contribution in [0.15, 0.2) is 24.3 Å². The second-order valence-corrected chi connectivity index (χ2v) is 5.81. The van der Waals surface area contributed by atoms with Crippen molar-refractivity contribution in [3.8, 4) is 0 Å². The molecule has 2 aromatic rings. The van der Waals surface area contributed by atoms with Gasteiger partial charge < -0.3 is 5.32 Å². The van der Waals surface area contributed by atoms with Gasteiger partial charge in [0.05, 0.1) is 20.3 Å². The van der Waals surface area contributed by atoms with Gasteiger partial charge in [-0.3, -0.25) is 10.1 Å². The Labute approximate surface area is 121 Å². The molecule has 0 aliphatic carbocycles. The van der Waals surface area contributed by atoms with Gasteiger partial charge in [0.1, 0.15) is 11.5 Å². The van der Waals surface area contributed by atoms with E-state index >= 15 is 0 Å². The van der Waals surface area contributed by atoms with Crippen LogP contribution in [0, 0.1) is 15.9 Å². The minimum absolute atomic E-state index is 0.168. The summed E-state index contributed by atoms with van der Waals surface area (Å²) in [7, 11) is 0. The maximum Gasteiger partial charge on any atom is 0.295 e.